The zero-order valence-electron chi connectivity index (χ0n) is 5.81. The van der Waals surface area contributed by atoms with Crippen LogP contribution in [0.3, 0.4) is 0 Å². The predicted molar refractivity (Wildman–Crippen MR) is 35.8 cm³/mol. The number of aromatic nitrogens is 1. The van der Waals surface area contributed by atoms with Crippen molar-refractivity contribution in [2.45, 2.75) is 6.92 Å². The number of carbonyl (C=O) groups excluding carboxylic acids is 1. The van der Waals surface area contributed by atoms with E-state index in [2.05, 4.69) is 14.8 Å². The Labute approximate surface area is 62.3 Å². The van der Waals surface area contributed by atoms with Crippen LogP contribution in [0.2, 0.25) is 0 Å². The van der Waals surface area contributed by atoms with E-state index in [9.17, 15) is 4.79 Å². The Morgan fingerprint density at radius 2 is 2.64 bits per heavy atom. The van der Waals surface area contributed by atoms with Crippen molar-refractivity contribution in [2.24, 2.45) is 5.16 Å². The Kier molecular flexibility index (Phi) is 2.00. The van der Waals surface area contributed by atoms with E-state index in [1.807, 2.05) is 0 Å². The number of Topliss-reactive ketones (excluding diaryl/α,β-unsaturated/α-hetero) is 1. The predicted octanol–water partition coefficient (Wildman–Crippen LogP) is 0.626. The third-order valence-corrected chi connectivity index (χ3v) is 1.05. The van der Waals surface area contributed by atoms with Crippen molar-refractivity contribution in [2.75, 3.05) is 0 Å². The van der Waals surface area contributed by atoms with Gasteiger partial charge >= 0.3 is 0 Å². The van der Waals surface area contributed by atoms with Crippen molar-refractivity contribution in [1.29, 1.82) is 0 Å². The number of hydrogen-bond donors (Lipinski definition) is 1. The van der Waals surface area contributed by atoms with E-state index in [4.69, 9.17) is 5.21 Å². The van der Waals surface area contributed by atoms with Crippen LogP contribution in [0.1, 0.15) is 16.2 Å². The Bertz CT molecular complexity index is 290. The standard InChI is InChI=1S/C6H6N2O3/c1-4-2-6(11-8-4)5(9)3-7-10/h2-3,10H,1H3. The maximum Gasteiger partial charge on any atom is 0.245 e. The maximum absolute atomic E-state index is 10.8. The van der Waals surface area contributed by atoms with Gasteiger partial charge in [0.25, 0.3) is 0 Å². The molecule has 0 atom stereocenters. The topological polar surface area (TPSA) is 75.7 Å². The van der Waals surface area contributed by atoms with Gasteiger partial charge in [-0.1, -0.05) is 10.3 Å². The molecule has 0 unspecified atom stereocenters. The monoisotopic (exact) mass is 154 g/mol. The van der Waals surface area contributed by atoms with Crippen LogP contribution >= 0.6 is 0 Å². The zero-order valence-corrected chi connectivity index (χ0v) is 5.81. The first-order valence-electron chi connectivity index (χ1n) is 2.89. The smallest absolute Gasteiger partial charge is 0.245 e. The molecule has 5 nitrogen and oxygen atoms in total. The molecule has 1 aromatic heterocycles. The SMILES string of the molecule is Cc1cc(C(=O)C=NO)on1. The highest BCUT2D eigenvalue weighted by atomic mass is 16.5. The Balaban J connectivity index is 2.85. The summed E-state index contributed by atoms with van der Waals surface area (Å²) in [5.41, 5.74) is 0.611. The lowest BCUT2D eigenvalue weighted by Gasteiger charge is -1.80. The molecule has 11 heavy (non-hydrogen) atoms. The van der Waals surface area contributed by atoms with Gasteiger partial charge in [-0.2, -0.15) is 0 Å². The number of nitrogens with zero attached hydrogens (tertiary/aromatic N) is 2. The molecule has 0 aromatic carbocycles. The van der Waals surface area contributed by atoms with Crippen molar-refractivity contribution in [3.05, 3.63) is 17.5 Å². The van der Waals surface area contributed by atoms with Gasteiger partial charge < -0.3 is 9.73 Å². The molecule has 1 heterocycles. The average molecular weight is 154 g/mol. The molecule has 58 valence electrons. The van der Waals surface area contributed by atoms with Crippen molar-refractivity contribution in [3.63, 3.8) is 0 Å². The van der Waals surface area contributed by atoms with Crippen LogP contribution in [0.4, 0.5) is 0 Å². The van der Waals surface area contributed by atoms with Crippen LogP contribution in [-0.4, -0.2) is 22.4 Å². The maximum atomic E-state index is 10.8. The summed E-state index contributed by atoms with van der Waals surface area (Å²) in [5.74, 6) is -0.437. The second kappa shape index (κ2) is 2.96. The van der Waals surface area contributed by atoms with Crippen molar-refractivity contribution < 1.29 is 14.5 Å². The second-order valence-electron chi connectivity index (χ2n) is 1.94. The Morgan fingerprint density at radius 3 is 3.09 bits per heavy atom. The minimum atomic E-state index is -0.506. The van der Waals surface area contributed by atoms with E-state index < -0.39 is 5.78 Å². The van der Waals surface area contributed by atoms with Gasteiger partial charge in [0.2, 0.25) is 11.5 Å². The van der Waals surface area contributed by atoms with Crippen LogP contribution < -0.4 is 0 Å². The van der Waals surface area contributed by atoms with Gasteiger partial charge in [-0.25, -0.2) is 0 Å². The molecule has 0 aliphatic heterocycles. The lowest BCUT2D eigenvalue weighted by Crippen LogP contribution is -1.97. The van der Waals surface area contributed by atoms with Crippen molar-refractivity contribution in [3.8, 4) is 0 Å². The molecule has 0 aliphatic rings. The van der Waals surface area contributed by atoms with Gasteiger partial charge in [0, 0.05) is 6.07 Å². The number of ketones is 1. The first-order chi connectivity index (χ1) is 5.24. The van der Waals surface area contributed by atoms with Gasteiger partial charge in [0.05, 0.1) is 5.69 Å². The minimum absolute atomic E-state index is 0.0697. The fourth-order valence-corrected chi connectivity index (χ4v) is 0.596. The molecule has 0 spiro atoms. The Morgan fingerprint density at radius 1 is 1.91 bits per heavy atom. The number of carbonyl (C=O) groups is 1. The summed E-state index contributed by atoms with van der Waals surface area (Å²) >= 11 is 0. The fraction of sp³-hybridized carbons (Fsp3) is 0.167. The van der Waals surface area contributed by atoms with Gasteiger partial charge in [0.1, 0.15) is 6.21 Å². The van der Waals surface area contributed by atoms with Gasteiger partial charge in [-0.05, 0) is 6.92 Å². The lowest BCUT2D eigenvalue weighted by atomic mass is 10.3. The van der Waals surface area contributed by atoms with Crippen LogP contribution in [0.5, 0.6) is 0 Å². The summed E-state index contributed by atoms with van der Waals surface area (Å²) in [7, 11) is 0. The van der Waals surface area contributed by atoms with Crippen molar-refractivity contribution >= 4 is 12.0 Å². The molecule has 1 rings (SSSR count). The summed E-state index contributed by atoms with van der Waals surface area (Å²) in [6, 6.07) is 1.46. The first kappa shape index (κ1) is 7.46. The molecule has 1 aromatic rings. The second-order valence-corrected chi connectivity index (χ2v) is 1.94. The molecule has 0 aliphatic carbocycles. The third kappa shape index (κ3) is 1.64. The van der Waals surface area contributed by atoms with E-state index >= 15 is 0 Å². The van der Waals surface area contributed by atoms with Crippen LogP contribution in [0, 0.1) is 6.92 Å². The quantitative estimate of drug-likeness (QED) is 0.293. The summed E-state index contributed by atoms with van der Waals surface area (Å²) in [5, 5.41) is 14.0. The van der Waals surface area contributed by atoms with Gasteiger partial charge in [-0.15, -0.1) is 0 Å². The highest BCUT2D eigenvalue weighted by molar-refractivity contribution is 6.34. The highest BCUT2D eigenvalue weighted by Gasteiger charge is 2.08. The summed E-state index contributed by atoms with van der Waals surface area (Å²) in [4.78, 5) is 10.8. The number of aryl methyl sites for hydroxylation is 1. The molecule has 0 saturated carbocycles. The normalized spacial score (nSPS) is 10.6. The van der Waals surface area contributed by atoms with Gasteiger partial charge in [0.15, 0.2) is 0 Å². The largest absolute Gasteiger partial charge is 0.411 e. The molecular formula is C6H6N2O3. The van der Waals surface area contributed by atoms with E-state index in [0.29, 0.717) is 5.69 Å². The number of hydrogen-bond acceptors (Lipinski definition) is 5. The molecule has 0 fully saturated rings. The molecule has 1 N–H and O–H groups in total. The molecular weight excluding hydrogens is 148 g/mol. The lowest BCUT2D eigenvalue weighted by molar-refractivity contribution is 0.103. The first-order valence-corrected chi connectivity index (χ1v) is 2.89. The molecule has 0 saturated heterocycles. The van der Waals surface area contributed by atoms with E-state index in [1.165, 1.54) is 6.07 Å². The summed E-state index contributed by atoms with van der Waals surface area (Å²) in [6.07, 6.45) is 0.750. The van der Waals surface area contributed by atoms with E-state index in [0.717, 1.165) is 6.21 Å². The van der Waals surface area contributed by atoms with Gasteiger partial charge in [-0.3, -0.25) is 4.79 Å². The number of oxime groups is 1. The van der Waals surface area contributed by atoms with Crippen LogP contribution in [0.25, 0.3) is 0 Å². The van der Waals surface area contributed by atoms with E-state index in [-0.39, 0.29) is 5.76 Å². The Hall–Kier alpha value is -1.65. The van der Waals surface area contributed by atoms with Crippen LogP contribution in [0.15, 0.2) is 15.7 Å². The zero-order chi connectivity index (χ0) is 8.27. The summed E-state index contributed by atoms with van der Waals surface area (Å²) < 4.78 is 4.58. The minimum Gasteiger partial charge on any atom is -0.411 e. The van der Waals surface area contributed by atoms with Crippen LogP contribution in [-0.2, 0) is 0 Å². The third-order valence-electron chi connectivity index (χ3n) is 1.05. The highest BCUT2D eigenvalue weighted by Crippen LogP contribution is 2.01. The number of rotatable bonds is 2. The average Bonchev–Trinajstić information content (AvgIpc) is 2.36. The fourth-order valence-electron chi connectivity index (χ4n) is 0.596. The summed E-state index contributed by atoms with van der Waals surface area (Å²) in [6.45, 7) is 1.69. The molecule has 0 bridgehead atoms. The van der Waals surface area contributed by atoms with E-state index in [1.54, 1.807) is 6.92 Å². The van der Waals surface area contributed by atoms with Crippen molar-refractivity contribution in [1.82, 2.24) is 5.16 Å². The molecule has 0 amide bonds. The molecule has 0 radical (unpaired) electrons. The molecule has 5 heteroatoms.